The van der Waals surface area contributed by atoms with Crippen LogP contribution in [0.4, 0.5) is 0 Å². The Bertz CT molecular complexity index is 344. The van der Waals surface area contributed by atoms with Crippen molar-refractivity contribution in [1.29, 1.82) is 0 Å². The second-order valence-corrected chi connectivity index (χ2v) is 4.41. The Labute approximate surface area is 84.5 Å². The average molecular weight is 192 g/mol. The van der Waals surface area contributed by atoms with Crippen molar-refractivity contribution in [3.63, 3.8) is 0 Å². The zero-order chi connectivity index (χ0) is 10.3. The van der Waals surface area contributed by atoms with Crippen molar-refractivity contribution in [1.82, 2.24) is 0 Å². The quantitative estimate of drug-likeness (QED) is 0.737. The van der Waals surface area contributed by atoms with Crippen LogP contribution in [0.3, 0.4) is 0 Å². The molecule has 0 saturated carbocycles. The highest BCUT2D eigenvalue weighted by atomic mass is 16.5. The third kappa shape index (κ3) is 1.11. The van der Waals surface area contributed by atoms with E-state index in [-0.39, 0.29) is 11.5 Å². The lowest BCUT2D eigenvalue weighted by atomic mass is 9.84. The van der Waals surface area contributed by atoms with Gasteiger partial charge >= 0.3 is 0 Å². The fraction of sp³-hybridized carbons (Fsp3) is 0.500. The molecule has 0 saturated heterocycles. The minimum absolute atomic E-state index is 0.106. The molecule has 0 unspecified atom stereocenters. The number of fused-ring (bicyclic) bond motifs is 1. The van der Waals surface area contributed by atoms with Crippen LogP contribution in [0.25, 0.3) is 0 Å². The maximum atomic E-state index is 10.1. The van der Waals surface area contributed by atoms with Crippen molar-refractivity contribution in [3.05, 3.63) is 35.4 Å². The molecule has 2 atom stereocenters. The van der Waals surface area contributed by atoms with Crippen molar-refractivity contribution in [3.8, 4) is 0 Å². The second kappa shape index (κ2) is 3.07. The van der Waals surface area contributed by atoms with E-state index < -0.39 is 6.10 Å². The maximum absolute atomic E-state index is 10.1. The van der Waals surface area contributed by atoms with Crippen LogP contribution in [0.5, 0.6) is 0 Å². The number of hydrogen-bond donors (Lipinski definition) is 1. The van der Waals surface area contributed by atoms with E-state index in [1.807, 2.05) is 18.2 Å². The van der Waals surface area contributed by atoms with E-state index in [1.54, 1.807) is 7.11 Å². The van der Waals surface area contributed by atoms with Gasteiger partial charge in [0.2, 0.25) is 0 Å². The van der Waals surface area contributed by atoms with Gasteiger partial charge in [-0.05, 0) is 11.1 Å². The van der Waals surface area contributed by atoms with Crippen molar-refractivity contribution in [2.24, 2.45) is 0 Å². The summed E-state index contributed by atoms with van der Waals surface area (Å²) in [4.78, 5) is 0. The molecule has 2 rings (SSSR count). The highest BCUT2D eigenvalue weighted by Crippen LogP contribution is 2.45. The molecule has 0 spiro atoms. The van der Waals surface area contributed by atoms with Crippen LogP contribution in [0, 0.1) is 0 Å². The predicted octanol–water partition coefficient (Wildman–Crippen LogP) is 2.03. The average Bonchev–Trinajstić information content (AvgIpc) is 2.36. The molecule has 1 aromatic carbocycles. The van der Waals surface area contributed by atoms with Crippen LogP contribution in [-0.4, -0.2) is 18.3 Å². The molecular weight excluding hydrogens is 176 g/mol. The summed E-state index contributed by atoms with van der Waals surface area (Å²) < 4.78 is 5.37. The molecule has 0 amide bonds. The first-order chi connectivity index (χ1) is 6.59. The molecule has 0 aliphatic heterocycles. The molecule has 0 aromatic heterocycles. The van der Waals surface area contributed by atoms with Gasteiger partial charge in [-0.3, -0.25) is 0 Å². The van der Waals surface area contributed by atoms with Gasteiger partial charge in [-0.25, -0.2) is 0 Å². The van der Waals surface area contributed by atoms with Crippen LogP contribution in [0.2, 0.25) is 0 Å². The first-order valence-corrected chi connectivity index (χ1v) is 4.89. The van der Waals surface area contributed by atoms with E-state index in [1.165, 1.54) is 5.56 Å². The molecular formula is C12H16O2. The standard InChI is InChI=1S/C12H16O2/c1-12(2)9-7-5-4-6-8(9)10(13)11(12)14-3/h4-7,10-11,13H,1-3H3/t10-,11+/m0/s1. The smallest absolute Gasteiger partial charge is 0.106 e. The van der Waals surface area contributed by atoms with E-state index in [4.69, 9.17) is 4.74 Å². The van der Waals surface area contributed by atoms with Gasteiger partial charge in [0.15, 0.2) is 0 Å². The van der Waals surface area contributed by atoms with Crippen LogP contribution in [0.15, 0.2) is 24.3 Å². The molecule has 14 heavy (non-hydrogen) atoms. The third-order valence-electron chi connectivity index (χ3n) is 3.23. The van der Waals surface area contributed by atoms with E-state index in [9.17, 15) is 5.11 Å². The first kappa shape index (κ1) is 9.69. The van der Waals surface area contributed by atoms with Gasteiger partial charge in [-0.15, -0.1) is 0 Å². The monoisotopic (exact) mass is 192 g/mol. The summed E-state index contributed by atoms with van der Waals surface area (Å²) in [7, 11) is 1.65. The van der Waals surface area contributed by atoms with Gasteiger partial charge in [-0.1, -0.05) is 38.1 Å². The van der Waals surface area contributed by atoms with Crippen LogP contribution < -0.4 is 0 Å². The van der Waals surface area contributed by atoms with Gasteiger partial charge in [0.05, 0.1) is 6.10 Å². The van der Waals surface area contributed by atoms with Gasteiger partial charge < -0.3 is 9.84 Å². The highest BCUT2D eigenvalue weighted by molar-refractivity contribution is 5.42. The molecule has 76 valence electrons. The molecule has 1 aliphatic rings. The summed E-state index contributed by atoms with van der Waals surface area (Å²) in [5.41, 5.74) is 2.09. The Morgan fingerprint density at radius 2 is 1.93 bits per heavy atom. The van der Waals surface area contributed by atoms with Crippen molar-refractivity contribution in [2.75, 3.05) is 7.11 Å². The number of aliphatic hydroxyl groups is 1. The van der Waals surface area contributed by atoms with Crippen molar-refractivity contribution < 1.29 is 9.84 Å². The Balaban J connectivity index is 2.55. The summed E-state index contributed by atoms with van der Waals surface area (Å²) in [6.45, 7) is 4.21. The SMILES string of the molecule is CO[C@@H]1[C@@H](O)c2ccccc2C1(C)C. The summed E-state index contributed by atoms with van der Waals surface area (Å²) in [6.07, 6.45) is -0.633. The van der Waals surface area contributed by atoms with Gasteiger partial charge in [0, 0.05) is 12.5 Å². The molecule has 0 heterocycles. The number of benzene rings is 1. The summed E-state index contributed by atoms with van der Waals surface area (Å²) in [5, 5.41) is 10.1. The fourth-order valence-corrected chi connectivity index (χ4v) is 2.48. The summed E-state index contributed by atoms with van der Waals surface area (Å²) in [5.74, 6) is 0. The molecule has 2 heteroatoms. The fourth-order valence-electron chi connectivity index (χ4n) is 2.48. The molecule has 2 nitrogen and oxygen atoms in total. The highest BCUT2D eigenvalue weighted by Gasteiger charge is 2.45. The molecule has 1 N–H and O–H groups in total. The molecule has 0 fully saturated rings. The normalized spacial score (nSPS) is 28.9. The number of aliphatic hydroxyl groups excluding tert-OH is 1. The van der Waals surface area contributed by atoms with E-state index >= 15 is 0 Å². The molecule has 1 aliphatic carbocycles. The van der Waals surface area contributed by atoms with E-state index in [2.05, 4.69) is 19.9 Å². The Morgan fingerprint density at radius 1 is 1.29 bits per heavy atom. The lowest BCUT2D eigenvalue weighted by molar-refractivity contribution is -0.0357. The van der Waals surface area contributed by atoms with Crippen LogP contribution in [-0.2, 0) is 10.2 Å². The predicted molar refractivity (Wildman–Crippen MR) is 55.2 cm³/mol. The molecule has 0 bridgehead atoms. The minimum atomic E-state index is -0.494. The number of ether oxygens (including phenoxy) is 1. The first-order valence-electron chi connectivity index (χ1n) is 4.89. The van der Waals surface area contributed by atoms with Gasteiger partial charge in [0.25, 0.3) is 0 Å². The van der Waals surface area contributed by atoms with Crippen molar-refractivity contribution >= 4 is 0 Å². The maximum Gasteiger partial charge on any atom is 0.106 e. The van der Waals surface area contributed by atoms with E-state index in [0.717, 1.165) is 5.56 Å². The molecule has 0 radical (unpaired) electrons. The van der Waals surface area contributed by atoms with Crippen LogP contribution in [0.1, 0.15) is 31.1 Å². The Morgan fingerprint density at radius 3 is 2.50 bits per heavy atom. The lowest BCUT2D eigenvalue weighted by Crippen LogP contribution is -2.33. The minimum Gasteiger partial charge on any atom is -0.386 e. The number of methoxy groups -OCH3 is 1. The van der Waals surface area contributed by atoms with Gasteiger partial charge in [0.1, 0.15) is 6.10 Å². The third-order valence-corrected chi connectivity index (χ3v) is 3.23. The van der Waals surface area contributed by atoms with Crippen molar-refractivity contribution in [2.45, 2.75) is 31.5 Å². The summed E-state index contributed by atoms with van der Waals surface area (Å²) >= 11 is 0. The van der Waals surface area contributed by atoms with E-state index in [0.29, 0.717) is 0 Å². The van der Waals surface area contributed by atoms with Gasteiger partial charge in [-0.2, -0.15) is 0 Å². The lowest BCUT2D eigenvalue weighted by Gasteiger charge is -2.28. The molecule has 1 aromatic rings. The number of hydrogen-bond acceptors (Lipinski definition) is 2. The second-order valence-electron chi connectivity index (χ2n) is 4.41. The number of rotatable bonds is 1. The zero-order valence-electron chi connectivity index (χ0n) is 8.82. The Kier molecular flexibility index (Phi) is 2.13. The Hall–Kier alpha value is -0.860. The summed E-state index contributed by atoms with van der Waals surface area (Å²) in [6, 6.07) is 8.00. The zero-order valence-corrected chi connectivity index (χ0v) is 8.82. The largest absolute Gasteiger partial charge is 0.386 e. The van der Waals surface area contributed by atoms with Crippen LogP contribution >= 0.6 is 0 Å². The topological polar surface area (TPSA) is 29.5 Å².